The fraction of sp³-hybridized carbons (Fsp3) is 0.105. The molecule has 4 nitrogen and oxygen atoms in total. The zero-order valence-electron chi connectivity index (χ0n) is 13.1. The number of nitrogens with zero attached hydrogens (tertiary/aromatic N) is 1. The Hall–Kier alpha value is -3.01. The summed E-state index contributed by atoms with van der Waals surface area (Å²) >= 11 is 0. The number of benzene rings is 3. The van der Waals surface area contributed by atoms with Gasteiger partial charge in [0.05, 0.1) is 26.1 Å². The van der Waals surface area contributed by atoms with Crippen LogP contribution in [0.3, 0.4) is 0 Å². The van der Waals surface area contributed by atoms with Crippen LogP contribution < -0.4 is 14.9 Å². The first-order valence-electron chi connectivity index (χ1n) is 7.30. The number of nitrogens with one attached hydrogen (secondary N) is 1. The molecule has 3 aromatic rings. The molecule has 4 heteroatoms. The summed E-state index contributed by atoms with van der Waals surface area (Å²) in [6.45, 7) is 0. The normalized spacial score (nSPS) is 10.9. The molecular formula is C19H18N2O2. The van der Waals surface area contributed by atoms with Gasteiger partial charge >= 0.3 is 0 Å². The summed E-state index contributed by atoms with van der Waals surface area (Å²) in [6, 6.07) is 20.0. The Morgan fingerprint density at radius 3 is 2.48 bits per heavy atom. The highest BCUT2D eigenvalue weighted by molar-refractivity contribution is 5.94. The number of hydrazone groups is 1. The number of anilines is 1. The maximum atomic E-state index is 5.29. The van der Waals surface area contributed by atoms with E-state index in [1.54, 1.807) is 20.4 Å². The first-order chi connectivity index (χ1) is 11.3. The summed E-state index contributed by atoms with van der Waals surface area (Å²) < 4.78 is 10.5. The van der Waals surface area contributed by atoms with E-state index in [1.165, 1.54) is 5.39 Å². The van der Waals surface area contributed by atoms with Crippen molar-refractivity contribution in [2.24, 2.45) is 5.10 Å². The summed E-state index contributed by atoms with van der Waals surface area (Å²) in [5, 5.41) is 6.64. The molecule has 0 heterocycles. The predicted molar refractivity (Wildman–Crippen MR) is 94.7 cm³/mol. The second-order valence-corrected chi connectivity index (χ2v) is 5.01. The molecule has 23 heavy (non-hydrogen) atoms. The van der Waals surface area contributed by atoms with E-state index in [0.717, 1.165) is 16.6 Å². The molecule has 3 rings (SSSR count). The summed E-state index contributed by atoms with van der Waals surface area (Å²) in [5.74, 6) is 1.38. The van der Waals surface area contributed by atoms with E-state index in [-0.39, 0.29) is 0 Å². The number of hydrogen-bond acceptors (Lipinski definition) is 4. The summed E-state index contributed by atoms with van der Waals surface area (Å²) in [7, 11) is 3.24. The van der Waals surface area contributed by atoms with E-state index in [0.29, 0.717) is 11.5 Å². The third-order valence-electron chi connectivity index (χ3n) is 3.60. The van der Waals surface area contributed by atoms with Crippen LogP contribution in [0.2, 0.25) is 0 Å². The molecule has 0 saturated carbocycles. The fourth-order valence-corrected chi connectivity index (χ4v) is 2.43. The number of hydrogen-bond donors (Lipinski definition) is 1. The second kappa shape index (κ2) is 6.83. The topological polar surface area (TPSA) is 42.8 Å². The molecule has 3 aromatic carbocycles. The average Bonchev–Trinajstić information content (AvgIpc) is 2.61. The Morgan fingerprint density at radius 2 is 1.65 bits per heavy atom. The molecule has 0 aromatic heterocycles. The van der Waals surface area contributed by atoms with Crippen LogP contribution >= 0.6 is 0 Å². The van der Waals surface area contributed by atoms with E-state index in [4.69, 9.17) is 9.47 Å². The van der Waals surface area contributed by atoms with Gasteiger partial charge < -0.3 is 9.47 Å². The maximum absolute atomic E-state index is 5.29. The maximum Gasteiger partial charge on any atom is 0.161 e. The van der Waals surface area contributed by atoms with Crippen LogP contribution in [0.15, 0.2) is 65.8 Å². The Bertz CT molecular complexity index is 838. The third kappa shape index (κ3) is 3.26. The number of rotatable bonds is 5. The summed E-state index contributed by atoms with van der Waals surface area (Å²) in [4.78, 5) is 0. The quantitative estimate of drug-likeness (QED) is 0.564. The van der Waals surface area contributed by atoms with Crippen LogP contribution in [-0.2, 0) is 0 Å². The first-order valence-corrected chi connectivity index (χ1v) is 7.30. The standard InChI is InChI=1S/C19H18N2O2/c1-22-18-11-10-14(12-19(18)23-2)13-20-21-17-9-5-7-15-6-3-4-8-16(15)17/h3-13,21H,1-2H3. The van der Waals surface area contributed by atoms with Gasteiger partial charge in [-0.2, -0.15) is 5.10 Å². The van der Waals surface area contributed by atoms with Gasteiger partial charge in [-0.25, -0.2) is 0 Å². The van der Waals surface area contributed by atoms with Crippen molar-refractivity contribution in [2.75, 3.05) is 19.6 Å². The van der Waals surface area contributed by atoms with E-state index in [2.05, 4.69) is 28.7 Å². The molecule has 0 aliphatic carbocycles. The van der Waals surface area contributed by atoms with Crippen LogP contribution in [0.25, 0.3) is 10.8 Å². The Labute approximate surface area is 135 Å². The number of ether oxygens (including phenoxy) is 2. The van der Waals surface area contributed by atoms with E-state index in [9.17, 15) is 0 Å². The molecule has 0 unspecified atom stereocenters. The molecule has 0 aliphatic heterocycles. The van der Waals surface area contributed by atoms with Gasteiger partial charge in [0, 0.05) is 5.39 Å². The molecule has 0 saturated heterocycles. The molecule has 0 spiro atoms. The van der Waals surface area contributed by atoms with Crippen molar-refractivity contribution in [3.05, 3.63) is 66.2 Å². The van der Waals surface area contributed by atoms with Gasteiger partial charge in [-0.3, -0.25) is 5.43 Å². The van der Waals surface area contributed by atoms with Crippen molar-refractivity contribution < 1.29 is 9.47 Å². The molecule has 1 N–H and O–H groups in total. The van der Waals surface area contributed by atoms with Gasteiger partial charge in [0.1, 0.15) is 0 Å². The largest absolute Gasteiger partial charge is 0.493 e. The van der Waals surface area contributed by atoms with Crippen molar-refractivity contribution in [3.8, 4) is 11.5 Å². The van der Waals surface area contributed by atoms with E-state index < -0.39 is 0 Å². The fourth-order valence-electron chi connectivity index (χ4n) is 2.43. The molecule has 116 valence electrons. The lowest BCUT2D eigenvalue weighted by atomic mass is 10.1. The minimum atomic E-state index is 0.682. The number of fused-ring (bicyclic) bond motifs is 1. The Balaban J connectivity index is 1.81. The van der Waals surface area contributed by atoms with Crippen molar-refractivity contribution in [1.29, 1.82) is 0 Å². The van der Waals surface area contributed by atoms with Gasteiger partial charge in [0.2, 0.25) is 0 Å². The Morgan fingerprint density at radius 1 is 0.870 bits per heavy atom. The number of methoxy groups -OCH3 is 2. The SMILES string of the molecule is COc1ccc(C=NNc2cccc3ccccc23)cc1OC. The minimum Gasteiger partial charge on any atom is -0.493 e. The molecule has 0 fully saturated rings. The smallest absolute Gasteiger partial charge is 0.161 e. The molecule has 0 radical (unpaired) electrons. The molecule has 0 aliphatic rings. The second-order valence-electron chi connectivity index (χ2n) is 5.01. The molecule has 0 amide bonds. The van der Waals surface area contributed by atoms with Crippen LogP contribution in [0, 0.1) is 0 Å². The zero-order valence-corrected chi connectivity index (χ0v) is 13.1. The minimum absolute atomic E-state index is 0.682. The zero-order chi connectivity index (χ0) is 16.1. The van der Waals surface area contributed by atoms with Gasteiger partial charge in [0.25, 0.3) is 0 Å². The lowest BCUT2D eigenvalue weighted by Gasteiger charge is -2.08. The highest BCUT2D eigenvalue weighted by Crippen LogP contribution is 2.27. The van der Waals surface area contributed by atoms with Crippen molar-refractivity contribution in [1.82, 2.24) is 0 Å². The van der Waals surface area contributed by atoms with Gasteiger partial charge in [-0.05, 0) is 35.2 Å². The van der Waals surface area contributed by atoms with Crippen LogP contribution in [0.5, 0.6) is 11.5 Å². The third-order valence-corrected chi connectivity index (χ3v) is 3.60. The monoisotopic (exact) mass is 306 g/mol. The highest BCUT2D eigenvalue weighted by atomic mass is 16.5. The highest BCUT2D eigenvalue weighted by Gasteiger charge is 2.03. The van der Waals surface area contributed by atoms with Crippen LogP contribution in [0.4, 0.5) is 5.69 Å². The van der Waals surface area contributed by atoms with Crippen molar-refractivity contribution in [3.63, 3.8) is 0 Å². The molecular weight excluding hydrogens is 288 g/mol. The van der Waals surface area contributed by atoms with Crippen molar-refractivity contribution >= 4 is 22.7 Å². The van der Waals surface area contributed by atoms with Crippen LogP contribution in [0.1, 0.15) is 5.56 Å². The molecule has 0 atom stereocenters. The van der Waals surface area contributed by atoms with Gasteiger partial charge in [-0.1, -0.05) is 36.4 Å². The van der Waals surface area contributed by atoms with E-state index in [1.807, 2.05) is 42.5 Å². The van der Waals surface area contributed by atoms with Crippen molar-refractivity contribution in [2.45, 2.75) is 0 Å². The first kappa shape index (κ1) is 14.9. The summed E-state index contributed by atoms with van der Waals surface area (Å²) in [6.07, 6.45) is 1.75. The van der Waals surface area contributed by atoms with Crippen LogP contribution in [-0.4, -0.2) is 20.4 Å². The lowest BCUT2D eigenvalue weighted by molar-refractivity contribution is 0.355. The van der Waals surface area contributed by atoms with E-state index >= 15 is 0 Å². The average molecular weight is 306 g/mol. The predicted octanol–water partition coefficient (Wildman–Crippen LogP) is 4.30. The summed E-state index contributed by atoms with van der Waals surface area (Å²) in [5.41, 5.74) is 5.00. The Kier molecular flexibility index (Phi) is 4.43. The lowest BCUT2D eigenvalue weighted by Crippen LogP contribution is -1.94. The molecule has 0 bridgehead atoms. The van der Waals surface area contributed by atoms with Gasteiger partial charge in [-0.15, -0.1) is 0 Å². The van der Waals surface area contributed by atoms with Gasteiger partial charge in [0.15, 0.2) is 11.5 Å².